The number of ether oxygens (including phenoxy) is 1. The molecule has 6 heteroatoms. The summed E-state index contributed by atoms with van der Waals surface area (Å²) >= 11 is 0. The zero-order valence-corrected chi connectivity index (χ0v) is 15.6. The Bertz CT molecular complexity index is 771. The molecule has 2 heterocycles. The van der Waals surface area contributed by atoms with E-state index in [9.17, 15) is 9.59 Å². The van der Waals surface area contributed by atoms with Crippen LogP contribution in [0.5, 0.6) is 5.75 Å². The van der Waals surface area contributed by atoms with Crippen molar-refractivity contribution in [2.24, 2.45) is 0 Å². The third-order valence-corrected chi connectivity index (χ3v) is 4.91. The summed E-state index contributed by atoms with van der Waals surface area (Å²) in [6, 6.07) is 11.4. The van der Waals surface area contributed by atoms with Gasteiger partial charge < -0.3 is 15.0 Å². The number of carbonyl (C=O) groups excluding carboxylic acids is 2. The van der Waals surface area contributed by atoms with E-state index in [4.69, 9.17) is 4.74 Å². The summed E-state index contributed by atoms with van der Waals surface area (Å²) in [5.41, 5.74) is 1.61. The van der Waals surface area contributed by atoms with Crippen molar-refractivity contribution >= 4 is 11.8 Å². The van der Waals surface area contributed by atoms with Crippen LogP contribution >= 0.6 is 0 Å². The highest BCUT2D eigenvalue weighted by molar-refractivity contribution is 5.94. The number of amides is 2. The summed E-state index contributed by atoms with van der Waals surface area (Å²) in [6.07, 6.45) is 5.88. The average molecular weight is 367 g/mol. The van der Waals surface area contributed by atoms with Crippen LogP contribution in [-0.2, 0) is 11.2 Å². The van der Waals surface area contributed by atoms with E-state index >= 15 is 0 Å². The standard InChI is InChI=1S/C21H25N3O3/c1-27-19-7-3-2-5-16(19)8-9-20(25)24-13-10-18(11-14-24)23-21(26)17-6-4-12-22-15-17/h2-7,12,15,18H,8-11,13-14H2,1H3,(H,23,26). The second-order valence-electron chi connectivity index (χ2n) is 6.68. The largest absolute Gasteiger partial charge is 0.496 e. The van der Waals surface area contributed by atoms with Gasteiger partial charge in [-0.1, -0.05) is 18.2 Å². The van der Waals surface area contributed by atoms with Gasteiger partial charge in [-0.05, 0) is 43.0 Å². The SMILES string of the molecule is COc1ccccc1CCC(=O)N1CCC(NC(=O)c2cccnc2)CC1. The molecule has 0 saturated carbocycles. The maximum atomic E-state index is 12.5. The Morgan fingerprint density at radius 3 is 2.67 bits per heavy atom. The maximum absolute atomic E-state index is 12.5. The number of aryl methyl sites for hydroxylation is 1. The van der Waals surface area contributed by atoms with Gasteiger partial charge in [-0.2, -0.15) is 0 Å². The molecule has 1 N–H and O–H groups in total. The number of hydrogen-bond acceptors (Lipinski definition) is 4. The average Bonchev–Trinajstić information content (AvgIpc) is 2.73. The number of pyridine rings is 1. The number of carbonyl (C=O) groups is 2. The lowest BCUT2D eigenvalue weighted by Gasteiger charge is -2.32. The number of benzene rings is 1. The predicted molar refractivity (Wildman–Crippen MR) is 103 cm³/mol. The lowest BCUT2D eigenvalue weighted by atomic mass is 10.0. The van der Waals surface area contributed by atoms with E-state index in [0.717, 1.165) is 24.2 Å². The van der Waals surface area contributed by atoms with Gasteiger partial charge in [0.05, 0.1) is 12.7 Å². The van der Waals surface area contributed by atoms with E-state index in [0.29, 0.717) is 31.5 Å². The molecule has 27 heavy (non-hydrogen) atoms. The third-order valence-electron chi connectivity index (χ3n) is 4.91. The van der Waals surface area contributed by atoms with Crippen LogP contribution in [0.2, 0.25) is 0 Å². The van der Waals surface area contributed by atoms with Gasteiger partial charge in [0.1, 0.15) is 5.75 Å². The Balaban J connectivity index is 1.44. The Kier molecular flexibility index (Phi) is 6.41. The van der Waals surface area contributed by atoms with Crippen molar-refractivity contribution in [2.45, 2.75) is 31.7 Å². The van der Waals surface area contributed by atoms with Crippen LogP contribution in [-0.4, -0.2) is 47.9 Å². The van der Waals surface area contributed by atoms with Gasteiger partial charge in [0.25, 0.3) is 5.91 Å². The van der Waals surface area contributed by atoms with E-state index in [2.05, 4.69) is 10.3 Å². The van der Waals surface area contributed by atoms with Gasteiger partial charge in [0.15, 0.2) is 0 Å². The lowest BCUT2D eigenvalue weighted by molar-refractivity contribution is -0.132. The molecular formula is C21H25N3O3. The Labute approximate surface area is 159 Å². The van der Waals surface area contributed by atoms with Crippen molar-refractivity contribution < 1.29 is 14.3 Å². The first-order valence-electron chi connectivity index (χ1n) is 9.28. The predicted octanol–water partition coefficient (Wildman–Crippen LogP) is 2.44. The summed E-state index contributed by atoms with van der Waals surface area (Å²) in [6.45, 7) is 1.34. The van der Waals surface area contributed by atoms with Gasteiger partial charge in [0.2, 0.25) is 5.91 Å². The summed E-state index contributed by atoms with van der Waals surface area (Å²) < 4.78 is 5.34. The first-order valence-corrected chi connectivity index (χ1v) is 9.28. The molecule has 0 unspecified atom stereocenters. The molecule has 0 radical (unpaired) electrons. The molecule has 142 valence electrons. The zero-order valence-electron chi connectivity index (χ0n) is 15.6. The number of hydrogen-bond donors (Lipinski definition) is 1. The van der Waals surface area contributed by atoms with E-state index in [1.54, 1.807) is 31.6 Å². The van der Waals surface area contributed by atoms with Crippen LogP contribution < -0.4 is 10.1 Å². The molecule has 1 aliphatic rings. The molecule has 1 aromatic heterocycles. The van der Waals surface area contributed by atoms with E-state index in [1.807, 2.05) is 29.2 Å². The zero-order chi connectivity index (χ0) is 19.1. The molecule has 1 fully saturated rings. The number of methoxy groups -OCH3 is 1. The monoisotopic (exact) mass is 367 g/mol. The van der Waals surface area contributed by atoms with Crippen LogP contribution in [0.1, 0.15) is 35.2 Å². The molecule has 2 amide bonds. The summed E-state index contributed by atoms with van der Waals surface area (Å²) in [7, 11) is 1.64. The summed E-state index contributed by atoms with van der Waals surface area (Å²) in [5.74, 6) is 0.865. The summed E-state index contributed by atoms with van der Waals surface area (Å²) in [4.78, 5) is 30.6. The van der Waals surface area contributed by atoms with Crippen molar-refractivity contribution in [1.29, 1.82) is 0 Å². The van der Waals surface area contributed by atoms with Crippen molar-refractivity contribution in [3.63, 3.8) is 0 Å². The van der Waals surface area contributed by atoms with Gasteiger partial charge >= 0.3 is 0 Å². The highest BCUT2D eigenvalue weighted by Crippen LogP contribution is 2.20. The van der Waals surface area contributed by atoms with E-state index < -0.39 is 0 Å². The highest BCUT2D eigenvalue weighted by atomic mass is 16.5. The van der Waals surface area contributed by atoms with Crippen molar-refractivity contribution in [3.8, 4) is 5.75 Å². The molecule has 2 aromatic rings. The number of rotatable bonds is 6. The molecule has 3 rings (SSSR count). The fraction of sp³-hybridized carbons (Fsp3) is 0.381. The van der Waals surface area contributed by atoms with Crippen LogP contribution in [0.3, 0.4) is 0 Å². The van der Waals surface area contributed by atoms with Crippen LogP contribution in [0, 0.1) is 0 Å². The van der Waals surface area contributed by atoms with Gasteiger partial charge in [-0.15, -0.1) is 0 Å². The van der Waals surface area contributed by atoms with Crippen LogP contribution in [0.15, 0.2) is 48.8 Å². The number of para-hydroxylation sites is 1. The second-order valence-corrected chi connectivity index (χ2v) is 6.68. The fourth-order valence-electron chi connectivity index (χ4n) is 3.35. The molecule has 6 nitrogen and oxygen atoms in total. The smallest absolute Gasteiger partial charge is 0.253 e. The Morgan fingerprint density at radius 2 is 1.96 bits per heavy atom. The van der Waals surface area contributed by atoms with Crippen molar-refractivity contribution in [1.82, 2.24) is 15.2 Å². The maximum Gasteiger partial charge on any atom is 0.253 e. The normalized spacial score (nSPS) is 14.6. The topological polar surface area (TPSA) is 71.5 Å². The van der Waals surface area contributed by atoms with Crippen molar-refractivity contribution in [3.05, 3.63) is 59.9 Å². The fourth-order valence-corrected chi connectivity index (χ4v) is 3.35. The quantitative estimate of drug-likeness (QED) is 0.851. The first-order chi connectivity index (χ1) is 13.2. The number of aromatic nitrogens is 1. The Morgan fingerprint density at radius 1 is 1.19 bits per heavy atom. The minimum absolute atomic E-state index is 0.0935. The molecule has 1 saturated heterocycles. The molecule has 1 aromatic carbocycles. The molecule has 0 aliphatic carbocycles. The van der Waals surface area contributed by atoms with E-state index in [-0.39, 0.29) is 17.9 Å². The van der Waals surface area contributed by atoms with Crippen molar-refractivity contribution in [2.75, 3.05) is 20.2 Å². The lowest BCUT2D eigenvalue weighted by Crippen LogP contribution is -2.46. The number of nitrogens with one attached hydrogen (secondary N) is 1. The minimum atomic E-state index is -0.107. The van der Waals surface area contributed by atoms with Crippen LogP contribution in [0.25, 0.3) is 0 Å². The Hall–Kier alpha value is -2.89. The van der Waals surface area contributed by atoms with Crippen LogP contribution in [0.4, 0.5) is 0 Å². The molecule has 1 aliphatic heterocycles. The number of piperidine rings is 1. The second kappa shape index (κ2) is 9.16. The van der Waals surface area contributed by atoms with Gasteiger partial charge in [-0.25, -0.2) is 0 Å². The highest BCUT2D eigenvalue weighted by Gasteiger charge is 2.24. The number of nitrogens with zero attached hydrogens (tertiary/aromatic N) is 2. The molecule has 0 atom stereocenters. The third kappa shape index (κ3) is 5.06. The molecular weight excluding hydrogens is 342 g/mol. The van der Waals surface area contributed by atoms with Gasteiger partial charge in [-0.3, -0.25) is 14.6 Å². The summed E-state index contributed by atoms with van der Waals surface area (Å²) in [5, 5.41) is 3.03. The first kappa shape index (κ1) is 18.9. The number of likely N-dealkylation sites (tertiary alicyclic amines) is 1. The van der Waals surface area contributed by atoms with Gasteiger partial charge in [0, 0.05) is 37.9 Å². The molecule has 0 spiro atoms. The molecule has 0 bridgehead atoms. The minimum Gasteiger partial charge on any atom is -0.496 e. The van der Waals surface area contributed by atoms with E-state index in [1.165, 1.54) is 0 Å².